The normalized spacial score (nSPS) is 11.9. The third-order valence-corrected chi connectivity index (χ3v) is 13.1. The zero-order valence-electron chi connectivity index (χ0n) is 34.3. The van der Waals surface area contributed by atoms with Crippen molar-refractivity contribution >= 4 is 82.5 Å². The van der Waals surface area contributed by atoms with Gasteiger partial charge in [0.05, 0.1) is 0 Å². The third kappa shape index (κ3) is 5.32. The van der Waals surface area contributed by atoms with Crippen molar-refractivity contribution in [1.82, 2.24) is 13.7 Å². The van der Waals surface area contributed by atoms with Crippen molar-refractivity contribution in [1.29, 1.82) is 0 Å². The van der Waals surface area contributed by atoms with Crippen molar-refractivity contribution < 1.29 is 0 Å². The highest BCUT2D eigenvalue weighted by molar-refractivity contribution is 6.17. The SMILES string of the molecule is Cn1c2ccccc2c2c(-c3ccc(N(c4ccc(-c5cccc6c5c5ccccc5n6C)cc4)c4ccc(-c5cccc6c5c5ccccc5n6C)cc4)cc3)cccc21. The highest BCUT2D eigenvalue weighted by Gasteiger charge is 2.19. The van der Waals surface area contributed by atoms with E-state index >= 15 is 0 Å². The van der Waals surface area contributed by atoms with Gasteiger partial charge in [0, 0.05) is 104 Å². The average Bonchev–Trinajstić information content (AvgIpc) is 3.91. The first-order valence-electron chi connectivity index (χ1n) is 21.0. The maximum atomic E-state index is 2.38. The molecule has 12 rings (SSSR count). The number of para-hydroxylation sites is 3. The first-order chi connectivity index (χ1) is 30.0. The molecule has 9 aromatic carbocycles. The number of aryl methyl sites for hydroxylation is 3. The Morgan fingerprint density at radius 3 is 0.820 bits per heavy atom. The molecule has 0 unspecified atom stereocenters. The van der Waals surface area contributed by atoms with Crippen LogP contribution in [0.25, 0.3) is 98.8 Å². The second-order valence-corrected chi connectivity index (χ2v) is 16.3. The lowest BCUT2D eigenvalue weighted by molar-refractivity contribution is 1.01. The van der Waals surface area contributed by atoms with Crippen molar-refractivity contribution in [2.75, 3.05) is 4.90 Å². The van der Waals surface area contributed by atoms with Crippen LogP contribution in [0.4, 0.5) is 17.1 Å². The molecule has 0 amide bonds. The standard InChI is InChI=1S/C57H42N4/c1-58-49-19-7-4-13-46(49)55-43(16-10-22-52(55)58)37-25-31-40(32-26-37)61(41-33-27-38(28-34-41)44-17-11-23-53-56(44)47-14-5-8-20-50(47)59(53)2)42-35-29-39(30-36-42)45-18-12-24-54-57(45)48-15-6-9-21-51(48)60(54)3/h4-36H,1-3H3. The number of anilines is 3. The predicted octanol–water partition coefficient (Wildman–Crippen LogP) is 15.1. The first-order valence-corrected chi connectivity index (χ1v) is 21.0. The number of benzene rings is 9. The Kier molecular flexibility index (Phi) is 7.85. The molecule has 0 radical (unpaired) electrons. The molecule has 4 nitrogen and oxygen atoms in total. The Labute approximate surface area is 354 Å². The summed E-state index contributed by atoms with van der Waals surface area (Å²) in [5.41, 5.74) is 18.1. The van der Waals surface area contributed by atoms with E-state index in [4.69, 9.17) is 0 Å². The van der Waals surface area contributed by atoms with Crippen LogP contribution in [0, 0.1) is 0 Å². The number of hydrogen-bond acceptors (Lipinski definition) is 1. The summed E-state index contributed by atoms with van der Waals surface area (Å²) in [7, 11) is 6.49. The van der Waals surface area contributed by atoms with Gasteiger partial charge in [-0.25, -0.2) is 0 Å². The molecule has 0 saturated heterocycles. The fourth-order valence-corrected chi connectivity index (χ4v) is 10.2. The van der Waals surface area contributed by atoms with Crippen LogP contribution >= 0.6 is 0 Å². The van der Waals surface area contributed by atoms with Gasteiger partial charge in [0.25, 0.3) is 0 Å². The first kappa shape index (κ1) is 35.2. The third-order valence-electron chi connectivity index (χ3n) is 13.1. The molecule has 61 heavy (non-hydrogen) atoms. The van der Waals surface area contributed by atoms with Crippen LogP contribution in [0.2, 0.25) is 0 Å². The van der Waals surface area contributed by atoms with E-state index in [9.17, 15) is 0 Å². The molecule has 0 fully saturated rings. The van der Waals surface area contributed by atoms with Crippen molar-refractivity contribution in [2.45, 2.75) is 0 Å². The minimum atomic E-state index is 1.10. The Bertz CT molecular complexity index is 3270. The number of fused-ring (bicyclic) bond motifs is 9. The van der Waals surface area contributed by atoms with E-state index in [2.05, 4.69) is 240 Å². The van der Waals surface area contributed by atoms with Gasteiger partial charge >= 0.3 is 0 Å². The van der Waals surface area contributed by atoms with Gasteiger partial charge in [0.2, 0.25) is 0 Å². The van der Waals surface area contributed by atoms with Gasteiger partial charge in [0.1, 0.15) is 0 Å². The van der Waals surface area contributed by atoms with E-state index in [1.807, 2.05) is 0 Å². The van der Waals surface area contributed by atoms with E-state index in [0.29, 0.717) is 0 Å². The van der Waals surface area contributed by atoms with Crippen LogP contribution in [0.1, 0.15) is 0 Å². The zero-order valence-corrected chi connectivity index (χ0v) is 34.3. The minimum Gasteiger partial charge on any atom is -0.344 e. The van der Waals surface area contributed by atoms with Gasteiger partial charge in [-0.2, -0.15) is 0 Å². The smallest absolute Gasteiger partial charge is 0.0495 e. The lowest BCUT2D eigenvalue weighted by Gasteiger charge is -2.26. The maximum Gasteiger partial charge on any atom is 0.0495 e. The van der Waals surface area contributed by atoms with E-state index < -0.39 is 0 Å². The predicted molar refractivity (Wildman–Crippen MR) is 259 cm³/mol. The number of aromatic nitrogens is 3. The Hall–Kier alpha value is -7.82. The summed E-state index contributed by atoms with van der Waals surface area (Å²) in [6, 6.07) is 73.4. The van der Waals surface area contributed by atoms with E-state index in [1.165, 1.54) is 98.8 Å². The lowest BCUT2D eigenvalue weighted by atomic mass is 9.97. The molecule has 0 bridgehead atoms. The molecule has 0 atom stereocenters. The number of nitrogens with zero attached hydrogens (tertiary/aromatic N) is 4. The van der Waals surface area contributed by atoms with Crippen LogP contribution in [-0.2, 0) is 21.1 Å². The van der Waals surface area contributed by atoms with Gasteiger partial charge in [-0.3, -0.25) is 0 Å². The molecular formula is C57H42N4. The fourth-order valence-electron chi connectivity index (χ4n) is 10.2. The van der Waals surface area contributed by atoms with Gasteiger partial charge in [-0.05, 0) is 106 Å². The highest BCUT2D eigenvalue weighted by Crippen LogP contribution is 2.43. The lowest BCUT2D eigenvalue weighted by Crippen LogP contribution is -2.09. The maximum absolute atomic E-state index is 2.38. The van der Waals surface area contributed by atoms with Crippen LogP contribution < -0.4 is 4.90 Å². The molecule has 4 heteroatoms. The Morgan fingerprint density at radius 1 is 0.262 bits per heavy atom. The van der Waals surface area contributed by atoms with Gasteiger partial charge in [-0.15, -0.1) is 0 Å². The minimum absolute atomic E-state index is 1.10. The summed E-state index contributed by atoms with van der Waals surface area (Å²) in [6.45, 7) is 0. The molecule has 0 aliphatic rings. The Morgan fingerprint density at radius 2 is 0.525 bits per heavy atom. The molecule has 12 aromatic rings. The van der Waals surface area contributed by atoms with Crippen molar-refractivity contribution in [2.24, 2.45) is 21.1 Å². The molecule has 0 N–H and O–H groups in total. The van der Waals surface area contributed by atoms with Gasteiger partial charge in [0.15, 0.2) is 0 Å². The molecular weight excluding hydrogens is 741 g/mol. The quantitative estimate of drug-likeness (QED) is 0.164. The summed E-state index contributed by atoms with van der Waals surface area (Å²) in [5, 5.41) is 7.70. The van der Waals surface area contributed by atoms with Crippen LogP contribution in [0.5, 0.6) is 0 Å². The number of rotatable bonds is 6. The second kappa shape index (κ2) is 13.6. The van der Waals surface area contributed by atoms with Crippen molar-refractivity contribution in [3.05, 3.63) is 200 Å². The number of hydrogen-bond donors (Lipinski definition) is 0. The van der Waals surface area contributed by atoms with Crippen molar-refractivity contribution in [3.63, 3.8) is 0 Å². The molecule has 3 aromatic heterocycles. The summed E-state index contributed by atoms with van der Waals surface area (Å²) >= 11 is 0. The molecule has 0 aliphatic heterocycles. The second-order valence-electron chi connectivity index (χ2n) is 16.3. The van der Waals surface area contributed by atoms with Crippen LogP contribution in [0.3, 0.4) is 0 Å². The summed E-state index contributed by atoms with van der Waals surface area (Å²) < 4.78 is 6.91. The molecule has 0 saturated carbocycles. The summed E-state index contributed by atoms with van der Waals surface area (Å²) in [6.07, 6.45) is 0. The average molecular weight is 783 g/mol. The monoisotopic (exact) mass is 782 g/mol. The van der Waals surface area contributed by atoms with E-state index in [1.54, 1.807) is 0 Å². The highest BCUT2D eigenvalue weighted by atomic mass is 15.1. The van der Waals surface area contributed by atoms with Crippen LogP contribution in [0.15, 0.2) is 200 Å². The van der Waals surface area contributed by atoms with Gasteiger partial charge in [-0.1, -0.05) is 127 Å². The molecule has 3 heterocycles. The fraction of sp³-hybridized carbons (Fsp3) is 0.0526. The summed E-state index contributed by atoms with van der Waals surface area (Å²) in [4.78, 5) is 2.38. The summed E-state index contributed by atoms with van der Waals surface area (Å²) in [5.74, 6) is 0. The molecule has 0 spiro atoms. The van der Waals surface area contributed by atoms with Gasteiger partial charge < -0.3 is 18.6 Å². The molecule has 0 aliphatic carbocycles. The zero-order chi connectivity index (χ0) is 40.8. The largest absolute Gasteiger partial charge is 0.344 e. The topological polar surface area (TPSA) is 18.0 Å². The molecule has 290 valence electrons. The van der Waals surface area contributed by atoms with E-state index in [0.717, 1.165) is 17.1 Å². The Balaban J connectivity index is 0.982. The van der Waals surface area contributed by atoms with E-state index in [-0.39, 0.29) is 0 Å². The van der Waals surface area contributed by atoms with Crippen molar-refractivity contribution in [3.8, 4) is 33.4 Å². The van der Waals surface area contributed by atoms with Crippen LogP contribution in [-0.4, -0.2) is 13.7 Å².